The maximum atomic E-state index is 6.84. The number of aryl methyl sites for hydroxylation is 1. The van der Waals surface area contributed by atoms with Gasteiger partial charge in [0.25, 0.3) is 6.33 Å². The molecule has 0 N–H and O–H groups in total. The van der Waals surface area contributed by atoms with Crippen LogP contribution in [0.15, 0.2) is 103 Å². The average molecular weight is 1040 g/mol. The van der Waals surface area contributed by atoms with Crippen molar-refractivity contribution >= 4 is 21.8 Å². The van der Waals surface area contributed by atoms with Crippen LogP contribution in [0.1, 0.15) is 148 Å². The van der Waals surface area contributed by atoms with Gasteiger partial charge < -0.3 is 13.9 Å². The van der Waals surface area contributed by atoms with Gasteiger partial charge in [-0.25, -0.2) is 4.98 Å². The fraction of sp³-hybridized carbons (Fsp3) is 0.356. The van der Waals surface area contributed by atoms with Crippen LogP contribution in [-0.4, -0.2) is 14.1 Å². The van der Waals surface area contributed by atoms with E-state index in [-0.39, 0.29) is 37.3 Å². The number of ether oxygens (including phenoxy) is 1. The van der Waals surface area contributed by atoms with E-state index in [1.165, 1.54) is 39.1 Å². The van der Waals surface area contributed by atoms with Gasteiger partial charge in [-0.2, -0.15) is 17.7 Å². The number of rotatable bonds is 9. The molecule has 5 nitrogen and oxygen atoms in total. The van der Waals surface area contributed by atoms with E-state index >= 15 is 0 Å². The molecule has 0 spiro atoms. The van der Waals surface area contributed by atoms with Gasteiger partial charge >= 0.3 is 0 Å². The Labute approximate surface area is 403 Å². The van der Waals surface area contributed by atoms with Crippen LogP contribution in [0.25, 0.3) is 50.1 Å². The Morgan fingerprint density at radius 3 is 1.98 bits per heavy atom. The predicted octanol–water partition coefficient (Wildman–Crippen LogP) is 15.1. The van der Waals surface area contributed by atoms with Crippen molar-refractivity contribution in [2.24, 2.45) is 0 Å². The average Bonchev–Trinajstić information content (AvgIpc) is 3.77. The van der Waals surface area contributed by atoms with Crippen LogP contribution in [0.2, 0.25) is 0 Å². The summed E-state index contributed by atoms with van der Waals surface area (Å²) in [7, 11) is 0. The zero-order valence-electron chi connectivity index (χ0n) is 41.2. The van der Waals surface area contributed by atoms with Crippen LogP contribution in [0.3, 0.4) is 0 Å². The second-order valence-corrected chi connectivity index (χ2v) is 21.4. The first-order valence-electron chi connectivity index (χ1n) is 23.2. The molecule has 65 heavy (non-hydrogen) atoms. The fourth-order valence-electron chi connectivity index (χ4n) is 9.23. The summed E-state index contributed by atoms with van der Waals surface area (Å²) in [6, 6.07) is 42.6. The Morgan fingerprint density at radius 1 is 0.677 bits per heavy atom. The second kappa shape index (κ2) is 17.9. The van der Waals surface area contributed by atoms with Gasteiger partial charge in [0.1, 0.15) is 5.82 Å². The third kappa shape index (κ3) is 9.28. The first kappa shape index (κ1) is 47.7. The fourth-order valence-corrected chi connectivity index (χ4v) is 9.23. The van der Waals surface area contributed by atoms with Crippen LogP contribution < -0.4 is 9.30 Å². The molecule has 8 aromatic rings. The van der Waals surface area contributed by atoms with E-state index in [2.05, 4.69) is 227 Å². The number of aromatic nitrogens is 4. The van der Waals surface area contributed by atoms with E-state index in [1.807, 2.05) is 12.3 Å². The van der Waals surface area contributed by atoms with Crippen molar-refractivity contribution in [1.82, 2.24) is 14.1 Å². The largest absolute Gasteiger partial charge is 0.510 e. The van der Waals surface area contributed by atoms with Crippen molar-refractivity contribution in [2.45, 2.75) is 138 Å². The Hall–Kier alpha value is -5.25. The normalized spacial score (nSPS) is 12.4. The summed E-state index contributed by atoms with van der Waals surface area (Å²) in [5, 5.41) is 2.24. The minimum atomic E-state index is -0.193. The first-order valence-corrected chi connectivity index (χ1v) is 23.2. The van der Waals surface area contributed by atoms with Crippen LogP contribution in [0, 0.1) is 25.4 Å². The minimum absolute atomic E-state index is 0. The molecule has 3 aromatic heterocycles. The molecule has 0 fully saturated rings. The molecule has 0 aliphatic heterocycles. The van der Waals surface area contributed by atoms with Crippen molar-refractivity contribution in [2.75, 3.05) is 0 Å². The molecule has 0 unspecified atom stereocenters. The third-order valence-corrected chi connectivity index (χ3v) is 12.7. The molecule has 0 amide bonds. The van der Waals surface area contributed by atoms with E-state index < -0.39 is 0 Å². The Balaban J connectivity index is 0.00000630. The standard InChI is InChI=1S/C59H66N4O.Pt/c1-16-40-28-50(37(2)3)55(51(29-40)38(4)5)41-20-19-21-44(30-41)62-36-61(39(6)56(62)59(13,14)15)45-31-43(58(10,11)12)32-47(34-45)64-46-24-25-49-48-22-17-18-23-52(48)63(53(49)35-46)54-33-42(26-27-60-54)57(7,8)9;/h17-33,37-38H,16H2,1-15H3;/q-2;. The van der Waals surface area contributed by atoms with Gasteiger partial charge in [0.05, 0.1) is 11.4 Å². The summed E-state index contributed by atoms with van der Waals surface area (Å²) in [5.41, 5.74) is 15.0. The van der Waals surface area contributed by atoms with Gasteiger partial charge in [-0.1, -0.05) is 145 Å². The molecule has 8 rings (SSSR count). The maximum absolute atomic E-state index is 6.84. The molecular weight excluding hydrogens is 976 g/mol. The predicted molar refractivity (Wildman–Crippen MR) is 266 cm³/mol. The van der Waals surface area contributed by atoms with Crippen LogP contribution in [0.5, 0.6) is 11.5 Å². The summed E-state index contributed by atoms with van der Waals surface area (Å²) in [5.74, 6) is 2.88. The van der Waals surface area contributed by atoms with Crippen molar-refractivity contribution in [3.8, 4) is 39.8 Å². The minimum Gasteiger partial charge on any atom is -0.510 e. The molecule has 3 heterocycles. The molecule has 0 bridgehead atoms. The summed E-state index contributed by atoms with van der Waals surface area (Å²) >= 11 is 0. The van der Waals surface area contributed by atoms with Crippen LogP contribution >= 0.6 is 0 Å². The number of nitrogens with zero attached hydrogens (tertiary/aromatic N) is 4. The quantitative estimate of drug-likeness (QED) is 0.107. The number of fused-ring (bicyclic) bond motifs is 3. The molecular formula is C59H66N4OPt-2. The smallest absolute Gasteiger partial charge is 0.267 e. The van der Waals surface area contributed by atoms with E-state index in [0.717, 1.165) is 56.7 Å². The van der Waals surface area contributed by atoms with Crippen LogP contribution in [0.4, 0.5) is 0 Å². The van der Waals surface area contributed by atoms with E-state index in [1.54, 1.807) is 0 Å². The molecule has 0 saturated heterocycles. The number of pyridine rings is 1. The number of benzene rings is 5. The van der Waals surface area contributed by atoms with Gasteiger partial charge in [0.15, 0.2) is 0 Å². The van der Waals surface area contributed by atoms with Crippen molar-refractivity contribution < 1.29 is 30.4 Å². The molecule has 5 aromatic carbocycles. The Bertz CT molecular complexity index is 3000. The van der Waals surface area contributed by atoms with Crippen molar-refractivity contribution in [3.63, 3.8) is 0 Å². The molecule has 0 aliphatic carbocycles. The van der Waals surface area contributed by atoms with Crippen LogP contribution in [-0.2, 0) is 43.7 Å². The van der Waals surface area contributed by atoms with Gasteiger partial charge in [0, 0.05) is 50.0 Å². The topological polar surface area (TPSA) is 35.9 Å². The summed E-state index contributed by atoms with van der Waals surface area (Å²) in [4.78, 5) is 4.88. The number of hydrogen-bond acceptors (Lipinski definition) is 2. The van der Waals surface area contributed by atoms with Gasteiger partial charge in [-0.05, 0) is 116 Å². The molecule has 0 radical (unpaired) electrons. The van der Waals surface area contributed by atoms with Crippen molar-refractivity contribution in [1.29, 1.82) is 0 Å². The summed E-state index contributed by atoms with van der Waals surface area (Å²) < 4.78 is 13.5. The SMILES string of the molecule is CCc1cc(C(C)C)c(-c2cccc(-[n+]3[c-]n(-c4[c-]c(Oc5[c-]c6c(cc5)c5ccccc5n6-c5cc(C(C)(C)C)ccn5)cc(C(C)(C)C)c4)c(C)c3C(C)(C)C)c2)c(C(C)C)c1.[Pt]. The third-order valence-electron chi connectivity index (χ3n) is 12.7. The molecule has 340 valence electrons. The number of para-hydroxylation sites is 1. The zero-order chi connectivity index (χ0) is 46.0. The number of hydrogen-bond donors (Lipinski definition) is 0. The molecule has 0 saturated carbocycles. The zero-order valence-corrected chi connectivity index (χ0v) is 43.5. The van der Waals surface area contributed by atoms with E-state index in [0.29, 0.717) is 23.3 Å². The van der Waals surface area contributed by atoms with Gasteiger partial charge in [-0.15, -0.1) is 29.7 Å². The van der Waals surface area contributed by atoms with Crippen molar-refractivity contribution in [3.05, 3.63) is 161 Å². The summed E-state index contributed by atoms with van der Waals surface area (Å²) in [6.07, 6.45) is 6.77. The molecule has 0 atom stereocenters. The Morgan fingerprint density at radius 2 is 1.35 bits per heavy atom. The van der Waals surface area contributed by atoms with E-state index in [4.69, 9.17) is 9.72 Å². The first-order chi connectivity index (χ1) is 30.1. The number of imidazole rings is 1. The molecule has 0 aliphatic rings. The maximum Gasteiger partial charge on any atom is 0.267 e. The summed E-state index contributed by atoms with van der Waals surface area (Å²) in [6.45, 7) is 34.0. The van der Waals surface area contributed by atoms with E-state index in [9.17, 15) is 0 Å². The molecule has 6 heteroatoms. The second-order valence-electron chi connectivity index (χ2n) is 21.4. The van der Waals surface area contributed by atoms with Gasteiger partial charge in [0.2, 0.25) is 0 Å². The Kier molecular flexibility index (Phi) is 13.1. The van der Waals surface area contributed by atoms with Gasteiger partial charge in [-0.3, -0.25) is 4.57 Å². The monoisotopic (exact) mass is 1040 g/mol.